The van der Waals surface area contributed by atoms with Crippen LogP contribution in [0.15, 0.2) is 11.1 Å². The minimum Gasteiger partial charge on any atom is -0.478 e. The van der Waals surface area contributed by atoms with Crippen molar-refractivity contribution >= 4 is 17.9 Å². The number of urea groups is 1. The number of hydrogen-bond acceptors (Lipinski definition) is 3. The third kappa shape index (κ3) is 5.57. The Bertz CT molecular complexity index is 457. The van der Waals surface area contributed by atoms with E-state index in [1.165, 1.54) is 26.7 Å². The van der Waals surface area contributed by atoms with Crippen LogP contribution in [-0.4, -0.2) is 29.6 Å². The van der Waals surface area contributed by atoms with Crippen molar-refractivity contribution in [3.05, 3.63) is 11.1 Å². The quantitative estimate of drug-likeness (QED) is 0.692. The summed E-state index contributed by atoms with van der Waals surface area (Å²) in [5.41, 5.74) is -0.0367. The van der Waals surface area contributed by atoms with E-state index in [-0.39, 0.29) is 11.1 Å². The van der Waals surface area contributed by atoms with Gasteiger partial charge < -0.3 is 10.4 Å². The zero-order valence-corrected chi connectivity index (χ0v) is 12.9. The molecule has 0 aromatic heterocycles. The highest BCUT2D eigenvalue weighted by atomic mass is 16.4. The summed E-state index contributed by atoms with van der Waals surface area (Å²) in [6, 6.07) is -0.573. The predicted molar refractivity (Wildman–Crippen MR) is 78.7 cm³/mol. The van der Waals surface area contributed by atoms with Gasteiger partial charge >= 0.3 is 12.0 Å². The van der Waals surface area contributed by atoms with Crippen molar-refractivity contribution in [2.45, 2.75) is 46.5 Å². The maximum absolute atomic E-state index is 11.7. The number of amides is 3. The van der Waals surface area contributed by atoms with E-state index in [2.05, 4.69) is 17.6 Å². The Morgan fingerprint density at radius 3 is 2.38 bits per heavy atom. The zero-order chi connectivity index (χ0) is 16.0. The van der Waals surface area contributed by atoms with Crippen molar-refractivity contribution in [3.8, 4) is 0 Å². The third-order valence-corrected chi connectivity index (χ3v) is 4.05. The van der Waals surface area contributed by atoms with E-state index in [0.717, 1.165) is 12.8 Å². The van der Waals surface area contributed by atoms with Crippen molar-refractivity contribution in [1.29, 1.82) is 0 Å². The number of carbonyl (C=O) groups is 3. The van der Waals surface area contributed by atoms with Crippen LogP contribution in [0.1, 0.15) is 46.5 Å². The summed E-state index contributed by atoms with van der Waals surface area (Å²) >= 11 is 0. The highest BCUT2D eigenvalue weighted by Gasteiger charge is 2.20. The molecule has 0 saturated heterocycles. The molecule has 0 aromatic carbocycles. The van der Waals surface area contributed by atoms with Crippen molar-refractivity contribution in [1.82, 2.24) is 10.6 Å². The van der Waals surface area contributed by atoms with Gasteiger partial charge in [-0.1, -0.05) is 19.8 Å². The molecule has 0 spiro atoms. The predicted octanol–water partition coefficient (Wildman–Crippen LogP) is 2.06. The molecule has 2 atom stereocenters. The molecule has 1 aliphatic carbocycles. The summed E-state index contributed by atoms with van der Waals surface area (Å²) in [5.74, 6) is -0.714. The van der Waals surface area contributed by atoms with E-state index in [9.17, 15) is 14.4 Å². The molecule has 1 fully saturated rings. The summed E-state index contributed by atoms with van der Waals surface area (Å²) in [5, 5.41) is 13.6. The molecule has 0 heterocycles. The maximum atomic E-state index is 11.7. The Kier molecular flexibility index (Phi) is 6.39. The fourth-order valence-corrected chi connectivity index (χ4v) is 2.55. The molecule has 6 heteroatoms. The molecule has 0 aliphatic heterocycles. The lowest BCUT2D eigenvalue weighted by Crippen LogP contribution is -2.42. The normalized spacial score (nSPS) is 23.0. The van der Waals surface area contributed by atoms with Crippen LogP contribution >= 0.6 is 0 Å². The van der Waals surface area contributed by atoms with Crippen LogP contribution in [0.25, 0.3) is 0 Å². The first-order chi connectivity index (χ1) is 9.81. The Balaban J connectivity index is 2.41. The SMILES string of the molecule is CC(C(=O)O)=C(C)C(=O)NC(=O)NCC1CCCC(C)C1. The number of carboxylic acid groups (broad SMARTS) is 1. The topological polar surface area (TPSA) is 95.5 Å². The number of aliphatic carboxylic acids is 1. The lowest BCUT2D eigenvalue weighted by Gasteiger charge is -2.26. The van der Waals surface area contributed by atoms with Crippen molar-refractivity contribution < 1.29 is 19.5 Å². The minimum absolute atomic E-state index is 0.0314. The van der Waals surface area contributed by atoms with Gasteiger partial charge in [0.25, 0.3) is 5.91 Å². The molecule has 1 rings (SSSR count). The molecule has 6 nitrogen and oxygen atoms in total. The van der Waals surface area contributed by atoms with E-state index in [1.807, 2.05) is 0 Å². The lowest BCUT2D eigenvalue weighted by molar-refractivity contribution is -0.133. The maximum Gasteiger partial charge on any atom is 0.331 e. The monoisotopic (exact) mass is 296 g/mol. The molecule has 118 valence electrons. The van der Waals surface area contributed by atoms with Gasteiger partial charge in [-0.3, -0.25) is 10.1 Å². The molecule has 0 aromatic rings. The van der Waals surface area contributed by atoms with Gasteiger partial charge in [0.05, 0.1) is 0 Å². The van der Waals surface area contributed by atoms with E-state index < -0.39 is 17.9 Å². The Labute approximate surface area is 125 Å². The molecular weight excluding hydrogens is 272 g/mol. The molecule has 1 saturated carbocycles. The summed E-state index contributed by atoms with van der Waals surface area (Å²) in [7, 11) is 0. The van der Waals surface area contributed by atoms with Crippen LogP contribution in [0, 0.1) is 11.8 Å². The Hall–Kier alpha value is -1.85. The van der Waals surface area contributed by atoms with Crippen LogP contribution in [-0.2, 0) is 9.59 Å². The molecule has 2 unspecified atom stereocenters. The second-order valence-electron chi connectivity index (χ2n) is 5.86. The van der Waals surface area contributed by atoms with Gasteiger partial charge in [0, 0.05) is 17.7 Å². The molecule has 3 amide bonds. The average molecular weight is 296 g/mol. The van der Waals surface area contributed by atoms with Gasteiger partial charge in [-0.2, -0.15) is 0 Å². The number of imide groups is 1. The van der Waals surface area contributed by atoms with Crippen LogP contribution in [0.5, 0.6) is 0 Å². The van der Waals surface area contributed by atoms with Crippen molar-refractivity contribution in [3.63, 3.8) is 0 Å². The van der Waals surface area contributed by atoms with Crippen LogP contribution < -0.4 is 10.6 Å². The van der Waals surface area contributed by atoms with Crippen LogP contribution in [0.4, 0.5) is 4.79 Å². The third-order valence-electron chi connectivity index (χ3n) is 4.05. The van der Waals surface area contributed by atoms with Crippen molar-refractivity contribution in [2.75, 3.05) is 6.54 Å². The highest BCUT2D eigenvalue weighted by molar-refractivity contribution is 6.07. The molecule has 3 N–H and O–H groups in total. The van der Waals surface area contributed by atoms with Gasteiger partial charge in [-0.05, 0) is 38.5 Å². The Morgan fingerprint density at radius 2 is 1.81 bits per heavy atom. The average Bonchev–Trinajstić information content (AvgIpc) is 2.43. The summed E-state index contributed by atoms with van der Waals surface area (Å²) in [4.78, 5) is 34.1. The standard InChI is InChI=1S/C15H24N2O4/c1-9-5-4-6-12(7-9)8-16-15(21)17-13(18)10(2)11(3)14(19)20/h9,12H,4-8H2,1-3H3,(H,19,20)(H2,16,17,18,21). The zero-order valence-electron chi connectivity index (χ0n) is 12.9. The largest absolute Gasteiger partial charge is 0.478 e. The number of carboxylic acids is 1. The molecule has 0 radical (unpaired) electrons. The Morgan fingerprint density at radius 1 is 1.14 bits per heavy atom. The lowest BCUT2D eigenvalue weighted by atomic mass is 9.82. The van der Waals surface area contributed by atoms with Gasteiger partial charge in [0.15, 0.2) is 0 Å². The molecule has 0 bridgehead atoms. The fourth-order valence-electron chi connectivity index (χ4n) is 2.55. The molecular formula is C15H24N2O4. The molecule has 21 heavy (non-hydrogen) atoms. The van der Waals surface area contributed by atoms with E-state index in [1.54, 1.807) is 0 Å². The van der Waals surface area contributed by atoms with Crippen molar-refractivity contribution in [2.24, 2.45) is 11.8 Å². The first kappa shape index (κ1) is 17.2. The van der Waals surface area contributed by atoms with Crippen LogP contribution in [0.3, 0.4) is 0 Å². The molecule has 1 aliphatic rings. The number of nitrogens with one attached hydrogen (secondary N) is 2. The smallest absolute Gasteiger partial charge is 0.331 e. The van der Waals surface area contributed by atoms with Gasteiger partial charge in [0.1, 0.15) is 0 Å². The van der Waals surface area contributed by atoms with Crippen LogP contribution in [0.2, 0.25) is 0 Å². The van der Waals surface area contributed by atoms with E-state index >= 15 is 0 Å². The first-order valence-electron chi connectivity index (χ1n) is 7.31. The minimum atomic E-state index is -1.17. The number of carbonyl (C=O) groups excluding carboxylic acids is 2. The fraction of sp³-hybridized carbons (Fsp3) is 0.667. The first-order valence-corrected chi connectivity index (χ1v) is 7.31. The highest BCUT2D eigenvalue weighted by Crippen LogP contribution is 2.27. The summed E-state index contributed by atoms with van der Waals surface area (Å²) in [6.07, 6.45) is 4.59. The van der Waals surface area contributed by atoms with E-state index in [4.69, 9.17) is 5.11 Å². The van der Waals surface area contributed by atoms with Gasteiger partial charge in [-0.25, -0.2) is 9.59 Å². The van der Waals surface area contributed by atoms with Gasteiger partial charge in [-0.15, -0.1) is 0 Å². The van der Waals surface area contributed by atoms with E-state index in [0.29, 0.717) is 18.4 Å². The van der Waals surface area contributed by atoms with Gasteiger partial charge in [0.2, 0.25) is 0 Å². The summed E-state index contributed by atoms with van der Waals surface area (Å²) < 4.78 is 0. The number of hydrogen-bond donors (Lipinski definition) is 3. The second-order valence-corrected chi connectivity index (χ2v) is 5.86. The summed E-state index contributed by atoms with van der Waals surface area (Å²) in [6.45, 7) is 5.47. The number of rotatable bonds is 4. The second kappa shape index (κ2) is 7.81.